The average Bonchev–Trinajstić information content (AvgIpc) is 3.06. The molecule has 1 aliphatic heterocycles. The van der Waals surface area contributed by atoms with E-state index in [4.69, 9.17) is 17.3 Å². The van der Waals surface area contributed by atoms with Gasteiger partial charge in [0.15, 0.2) is 0 Å². The Morgan fingerprint density at radius 1 is 1.26 bits per heavy atom. The molecule has 1 fully saturated rings. The lowest BCUT2D eigenvalue weighted by atomic mass is 10.2. The van der Waals surface area contributed by atoms with Crippen LogP contribution in [0.15, 0.2) is 23.6 Å². The minimum absolute atomic E-state index is 0. The number of nitrogens with zero attached hydrogens (tertiary/aromatic N) is 3. The first-order chi connectivity index (χ1) is 12.1. The van der Waals surface area contributed by atoms with Gasteiger partial charge in [-0.25, -0.2) is 9.37 Å². The van der Waals surface area contributed by atoms with Crippen LogP contribution < -0.4 is 5.73 Å². The minimum Gasteiger partial charge on any atom is -0.335 e. The molecule has 10 heteroatoms. The SMILES string of the molecule is Cl.Cl.NCCc1nc(C(=O)N2CCN(Cc3ccc(F)cc3Cl)CC2)cs1. The highest BCUT2D eigenvalue weighted by atomic mass is 35.5. The number of piperazine rings is 1. The van der Waals surface area contributed by atoms with Crippen molar-refractivity contribution in [2.24, 2.45) is 5.73 Å². The van der Waals surface area contributed by atoms with Crippen LogP contribution in [0.5, 0.6) is 0 Å². The van der Waals surface area contributed by atoms with Crippen molar-refractivity contribution >= 4 is 53.7 Å². The normalized spacial score (nSPS) is 14.4. The third-order valence-corrected chi connectivity index (χ3v) is 5.46. The molecular weight excluding hydrogens is 434 g/mol. The first kappa shape index (κ1) is 24.1. The van der Waals surface area contributed by atoms with Crippen molar-refractivity contribution in [2.75, 3.05) is 32.7 Å². The molecule has 0 aliphatic carbocycles. The summed E-state index contributed by atoms with van der Waals surface area (Å²) in [5.41, 5.74) is 6.92. The second-order valence-electron chi connectivity index (χ2n) is 5.97. The quantitative estimate of drug-likeness (QED) is 0.752. The maximum atomic E-state index is 13.1. The van der Waals surface area contributed by atoms with Gasteiger partial charge in [0.25, 0.3) is 5.91 Å². The summed E-state index contributed by atoms with van der Waals surface area (Å²) in [5.74, 6) is -0.361. The van der Waals surface area contributed by atoms with E-state index >= 15 is 0 Å². The smallest absolute Gasteiger partial charge is 0.273 e. The zero-order valence-electron chi connectivity index (χ0n) is 14.6. The Bertz CT molecular complexity index is 754. The van der Waals surface area contributed by atoms with Gasteiger partial charge in [-0.3, -0.25) is 9.69 Å². The summed E-state index contributed by atoms with van der Waals surface area (Å²) in [6.45, 7) is 3.96. The molecule has 0 bridgehead atoms. The Morgan fingerprint density at radius 3 is 2.59 bits per heavy atom. The molecule has 1 saturated heterocycles. The van der Waals surface area contributed by atoms with Crippen LogP contribution in [0.2, 0.25) is 5.02 Å². The number of thiazole rings is 1. The highest BCUT2D eigenvalue weighted by molar-refractivity contribution is 7.09. The van der Waals surface area contributed by atoms with Gasteiger partial charge in [0.1, 0.15) is 11.5 Å². The van der Waals surface area contributed by atoms with Gasteiger partial charge in [-0.05, 0) is 24.2 Å². The number of nitrogens with two attached hydrogens (primary N) is 1. The summed E-state index contributed by atoms with van der Waals surface area (Å²) in [5, 5.41) is 3.14. The van der Waals surface area contributed by atoms with Gasteiger partial charge < -0.3 is 10.6 Å². The lowest BCUT2D eigenvalue weighted by Gasteiger charge is -2.34. The Hall–Kier alpha value is -0.960. The van der Waals surface area contributed by atoms with E-state index in [0.717, 1.165) is 23.7 Å². The van der Waals surface area contributed by atoms with Gasteiger partial charge in [0, 0.05) is 49.5 Å². The molecular formula is C17H22Cl3FN4OS. The van der Waals surface area contributed by atoms with E-state index in [1.165, 1.54) is 23.5 Å². The third-order valence-electron chi connectivity index (χ3n) is 4.20. The third kappa shape index (κ3) is 6.27. The van der Waals surface area contributed by atoms with Crippen LogP contribution in [0.4, 0.5) is 4.39 Å². The van der Waals surface area contributed by atoms with E-state index in [0.29, 0.717) is 43.3 Å². The Morgan fingerprint density at radius 2 is 1.96 bits per heavy atom. The zero-order valence-corrected chi connectivity index (χ0v) is 17.8. The molecule has 0 unspecified atom stereocenters. The van der Waals surface area contributed by atoms with E-state index in [-0.39, 0.29) is 36.5 Å². The lowest BCUT2D eigenvalue weighted by molar-refractivity contribution is 0.0623. The molecule has 0 radical (unpaired) electrons. The van der Waals surface area contributed by atoms with E-state index < -0.39 is 0 Å². The molecule has 0 saturated carbocycles. The second-order valence-corrected chi connectivity index (χ2v) is 7.32. The molecule has 0 atom stereocenters. The molecule has 27 heavy (non-hydrogen) atoms. The van der Waals surface area contributed by atoms with E-state index in [1.807, 2.05) is 4.90 Å². The van der Waals surface area contributed by atoms with Crippen molar-refractivity contribution in [3.8, 4) is 0 Å². The van der Waals surface area contributed by atoms with Crippen molar-refractivity contribution in [2.45, 2.75) is 13.0 Å². The Kier molecular flexibility index (Phi) is 9.94. The molecule has 150 valence electrons. The molecule has 5 nitrogen and oxygen atoms in total. The van der Waals surface area contributed by atoms with Crippen LogP contribution in [0, 0.1) is 5.82 Å². The molecule has 1 aliphatic rings. The fraction of sp³-hybridized carbons (Fsp3) is 0.412. The highest BCUT2D eigenvalue weighted by Gasteiger charge is 2.24. The molecule has 2 aromatic rings. The maximum Gasteiger partial charge on any atom is 0.273 e. The van der Waals surface area contributed by atoms with Crippen molar-refractivity contribution in [1.82, 2.24) is 14.8 Å². The number of halogens is 4. The molecule has 2 heterocycles. The van der Waals surface area contributed by atoms with Crippen LogP contribution in [0.1, 0.15) is 21.1 Å². The van der Waals surface area contributed by atoms with Crippen molar-refractivity contribution in [3.05, 3.63) is 50.7 Å². The lowest BCUT2D eigenvalue weighted by Crippen LogP contribution is -2.48. The summed E-state index contributed by atoms with van der Waals surface area (Å²) >= 11 is 7.57. The van der Waals surface area contributed by atoms with Gasteiger partial charge in [0.2, 0.25) is 0 Å². The van der Waals surface area contributed by atoms with E-state index in [9.17, 15) is 9.18 Å². The van der Waals surface area contributed by atoms with Crippen LogP contribution >= 0.6 is 47.8 Å². The second kappa shape index (κ2) is 11.1. The summed E-state index contributed by atoms with van der Waals surface area (Å²) in [6.07, 6.45) is 0.699. The summed E-state index contributed by atoms with van der Waals surface area (Å²) < 4.78 is 13.1. The van der Waals surface area contributed by atoms with Crippen LogP contribution in [0.25, 0.3) is 0 Å². The van der Waals surface area contributed by atoms with Crippen LogP contribution in [-0.2, 0) is 13.0 Å². The predicted molar refractivity (Wildman–Crippen MR) is 112 cm³/mol. The topological polar surface area (TPSA) is 62.5 Å². The number of carbonyl (C=O) groups excluding carboxylic acids is 1. The standard InChI is InChI=1S/C17H20ClFN4OS.2ClH/c18-14-9-13(19)2-1-12(14)10-22-5-7-23(8-6-22)17(24)15-11-25-16(21-15)3-4-20;;/h1-2,9,11H,3-8,10,20H2;2*1H. The molecule has 2 N–H and O–H groups in total. The number of amides is 1. The zero-order chi connectivity index (χ0) is 17.8. The van der Waals surface area contributed by atoms with Crippen molar-refractivity contribution < 1.29 is 9.18 Å². The Balaban J connectivity index is 0.00000182. The first-order valence-electron chi connectivity index (χ1n) is 8.17. The van der Waals surface area contributed by atoms with E-state index in [2.05, 4.69) is 9.88 Å². The highest BCUT2D eigenvalue weighted by Crippen LogP contribution is 2.20. The summed E-state index contributed by atoms with van der Waals surface area (Å²) in [6, 6.07) is 4.46. The summed E-state index contributed by atoms with van der Waals surface area (Å²) in [4.78, 5) is 20.9. The fourth-order valence-electron chi connectivity index (χ4n) is 2.81. The molecule has 1 amide bonds. The maximum absolute atomic E-state index is 13.1. The number of carbonyl (C=O) groups is 1. The summed E-state index contributed by atoms with van der Waals surface area (Å²) in [7, 11) is 0. The number of aromatic nitrogens is 1. The van der Waals surface area contributed by atoms with Gasteiger partial charge in [-0.1, -0.05) is 17.7 Å². The van der Waals surface area contributed by atoms with Crippen molar-refractivity contribution in [1.29, 1.82) is 0 Å². The number of rotatable bonds is 5. The Labute approximate surface area is 179 Å². The van der Waals surface area contributed by atoms with Crippen LogP contribution in [-0.4, -0.2) is 53.4 Å². The minimum atomic E-state index is -0.332. The number of hydrogen-bond donors (Lipinski definition) is 1. The van der Waals surface area contributed by atoms with Crippen molar-refractivity contribution in [3.63, 3.8) is 0 Å². The van der Waals surface area contributed by atoms with Gasteiger partial charge in [-0.15, -0.1) is 36.2 Å². The molecule has 1 aromatic carbocycles. The van der Waals surface area contributed by atoms with Gasteiger partial charge >= 0.3 is 0 Å². The van der Waals surface area contributed by atoms with Gasteiger partial charge in [-0.2, -0.15) is 0 Å². The average molecular weight is 456 g/mol. The van der Waals surface area contributed by atoms with E-state index in [1.54, 1.807) is 11.4 Å². The molecule has 1 aromatic heterocycles. The molecule has 0 spiro atoms. The fourth-order valence-corrected chi connectivity index (χ4v) is 3.82. The predicted octanol–water partition coefficient (Wildman–Crippen LogP) is 3.24. The van der Waals surface area contributed by atoms with Gasteiger partial charge in [0.05, 0.1) is 5.01 Å². The van der Waals surface area contributed by atoms with Crippen LogP contribution in [0.3, 0.4) is 0 Å². The largest absolute Gasteiger partial charge is 0.335 e. The first-order valence-corrected chi connectivity index (χ1v) is 9.42. The number of benzene rings is 1. The monoisotopic (exact) mass is 454 g/mol. The molecule has 3 rings (SSSR count). The number of hydrogen-bond acceptors (Lipinski definition) is 5.